The lowest BCUT2D eigenvalue weighted by Gasteiger charge is -2.35. The predicted molar refractivity (Wildman–Crippen MR) is 62.9 cm³/mol. The van der Waals surface area contributed by atoms with Crippen LogP contribution in [-0.4, -0.2) is 31.3 Å². The van der Waals surface area contributed by atoms with E-state index in [1.54, 1.807) is 0 Å². The van der Waals surface area contributed by atoms with E-state index in [0.29, 0.717) is 24.0 Å². The molecular weight excluding hydrogens is 190 g/mol. The standard InChI is InChI=1S/C11H23N3O/c1-4-15-10-5-9(6-10)14-11(12)13-7-8(2)3/h8-10H,4-7H2,1-3H3,(H3,12,13,14). The van der Waals surface area contributed by atoms with Gasteiger partial charge in [0.25, 0.3) is 0 Å². The van der Waals surface area contributed by atoms with Crippen molar-refractivity contribution in [3.63, 3.8) is 0 Å². The highest BCUT2D eigenvalue weighted by atomic mass is 16.5. The summed E-state index contributed by atoms with van der Waals surface area (Å²) < 4.78 is 5.47. The van der Waals surface area contributed by atoms with Gasteiger partial charge in [0.2, 0.25) is 0 Å². The number of nitrogens with one attached hydrogen (secondary N) is 1. The lowest BCUT2D eigenvalue weighted by atomic mass is 9.89. The van der Waals surface area contributed by atoms with Crippen LogP contribution in [0.1, 0.15) is 33.6 Å². The van der Waals surface area contributed by atoms with E-state index in [1.165, 1.54) is 0 Å². The van der Waals surface area contributed by atoms with E-state index in [2.05, 4.69) is 24.2 Å². The van der Waals surface area contributed by atoms with Gasteiger partial charge < -0.3 is 15.8 Å². The number of nitrogens with zero attached hydrogens (tertiary/aromatic N) is 1. The Kier molecular flexibility index (Phi) is 4.88. The van der Waals surface area contributed by atoms with Crippen LogP contribution in [-0.2, 0) is 4.74 Å². The molecule has 1 rings (SSSR count). The molecular formula is C11H23N3O. The number of rotatable bonds is 5. The molecule has 0 unspecified atom stereocenters. The summed E-state index contributed by atoms with van der Waals surface area (Å²) in [5, 5.41) is 3.21. The van der Waals surface area contributed by atoms with Crippen LogP contribution in [0.2, 0.25) is 0 Å². The minimum atomic E-state index is 0.422. The summed E-state index contributed by atoms with van der Waals surface area (Å²) in [4.78, 5) is 4.26. The molecule has 0 radical (unpaired) electrons. The Morgan fingerprint density at radius 2 is 2.20 bits per heavy atom. The molecule has 0 atom stereocenters. The van der Waals surface area contributed by atoms with E-state index in [1.807, 2.05) is 6.92 Å². The zero-order valence-corrected chi connectivity index (χ0v) is 9.99. The lowest BCUT2D eigenvalue weighted by molar-refractivity contribution is -0.00567. The maximum atomic E-state index is 5.75. The fraction of sp³-hybridized carbons (Fsp3) is 0.909. The fourth-order valence-electron chi connectivity index (χ4n) is 1.59. The number of guanidine groups is 1. The molecule has 0 aromatic rings. The van der Waals surface area contributed by atoms with Gasteiger partial charge in [-0.05, 0) is 25.7 Å². The fourth-order valence-corrected chi connectivity index (χ4v) is 1.59. The minimum Gasteiger partial charge on any atom is -0.378 e. The van der Waals surface area contributed by atoms with Crippen molar-refractivity contribution in [3.05, 3.63) is 0 Å². The van der Waals surface area contributed by atoms with Crippen molar-refractivity contribution in [2.45, 2.75) is 45.8 Å². The largest absolute Gasteiger partial charge is 0.378 e. The Bertz CT molecular complexity index is 210. The molecule has 0 bridgehead atoms. The molecule has 1 fully saturated rings. The highest BCUT2D eigenvalue weighted by Gasteiger charge is 2.29. The molecule has 0 amide bonds. The summed E-state index contributed by atoms with van der Waals surface area (Å²) >= 11 is 0. The van der Waals surface area contributed by atoms with Gasteiger partial charge in [0.15, 0.2) is 5.96 Å². The minimum absolute atomic E-state index is 0.422. The van der Waals surface area contributed by atoms with Crippen LogP contribution in [0.25, 0.3) is 0 Å². The topological polar surface area (TPSA) is 59.6 Å². The van der Waals surface area contributed by atoms with Crippen molar-refractivity contribution in [2.24, 2.45) is 16.6 Å². The van der Waals surface area contributed by atoms with Crippen LogP contribution in [0.3, 0.4) is 0 Å². The number of nitrogens with two attached hydrogens (primary N) is 1. The Hall–Kier alpha value is -0.770. The highest BCUT2D eigenvalue weighted by Crippen LogP contribution is 2.22. The predicted octanol–water partition coefficient (Wildman–Crippen LogP) is 1.11. The molecule has 1 saturated carbocycles. The van der Waals surface area contributed by atoms with Gasteiger partial charge in [-0.2, -0.15) is 0 Å². The van der Waals surface area contributed by atoms with Gasteiger partial charge in [-0.3, -0.25) is 4.99 Å². The van der Waals surface area contributed by atoms with E-state index in [4.69, 9.17) is 10.5 Å². The van der Waals surface area contributed by atoms with Crippen LogP contribution >= 0.6 is 0 Å². The van der Waals surface area contributed by atoms with Gasteiger partial charge in [-0.15, -0.1) is 0 Å². The average molecular weight is 213 g/mol. The van der Waals surface area contributed by atoms with Gasteiger partial charge in [-0.25, -0.2) is 0 Å². The number of hydrogen-bond acceptors (Lipinski definition) is 2. The molecule has 0 spiro atoms. The monoisotopic (exact) mass is 213 g/mol. The van der Waals surface area contributed by atoms with Crippen molar-refractivity contribution in [3.8, 4) is 0 Å². The van der Waals surface area contributed by atoms with Gasteiger partial charge in [0, 0.05) is 19.2 Å². The maximum absolute atomic E-state index is 5.75. The third-order valence-corrected chi connectivity index (χ3v) is 2.48. The van der Waals surface area contributed by atoms with Gasteiger partial charge in [-0.1, -0.05) is 13.8 Å². The molecule has 0 aromatic heterocycles. The molecule has 1 aliphatic carbocycles. The molecule has 4 nitrogen and oxygen atoms in total. The van der Waals surface area contributed by atoms with Crippen molar-refractivity contribution >= 4 is 5.96 Å². The van der Waals surface area contributed by atoms with Crippen molar-refractivity contribution < 1.29 is 4.74 Å². The average Bonchev–Trinajstić information content (AvgIpc) is 2.11. The molecule has 0 heterocycles. The Labute approximate surface area is 92.3 Å². The molecule has 4 heteroatoms. The van der Waals surface area contributed by atoms with Crippen LogP contribution in [0.15, 0.2) is 4.99 Å². The molecule has 0 saturated heterocycles. The second-order valence-corrected chi connectivity index (χ2v) is 4.51. The molecule has 1 aliphatic rings. The summed E-state index contributed by atoms with van der Waals surface area (Å²) in [5.41, 5.74) is 5.75. The van der Waals surface area contributed by atoms with Gasteiger partial charge in [0.1, 0.15) is 0 Å². The second-order valence-electron chi connectivity index (χ2n) is 4.51. The van der Waals surface area contributed by atoms with E-state index in [-0.39, 0.29) is 0 Å². The Balaban J connectivity index is 2.13. The van der Waals surface area contributed by atoms with Crippen molar-refractivity contribution in [1.29, 1.82) is 0 Å². The molecule has 0 aliphatic heterocycles. The number of aliphatic imine (C=N–C) groups is 1. The van der Waals surface area contributed by atoms with Crippen LogP contribution < -0.4 is 11.1 Å². The first-order valence-corrected chi connectivity index (χ1v) is 5.79. The summed E-state index contributed by atoms with van der Waals surface area (Å²) in [5.74, 6) is 1.13. The Morgan fingerprint density at radius 1 is 1.53 bits per heavy atom. The summed E-state index contributed by atoms with van der Waals surface area (Å²) in [7, 11) is 0. The summed E-state index contributed by atoms with van der Waals surface area (Å²) in [6, 6.07) is 0.456. The van der Waals surface area contributed by atoms with Crippen LogP contribution in [0, 0.1) is 5.92 Å². The highest BCUT2D eigenvalue weighted by molar-refractivity contribution is 5.78. The first-order valence-electron chi connectivity index (χ1n) is 5.79. The van der Waals surface area contributed by atoms with Crippen LogP contribution in [0.5, 0.6) is 0 Å². The SMILES string of the molecule is CCOC1CC(NC(N)=NCC(C)C)C1. The first kappa shape index (κ1) is 12.3. The van der Waals surface area contributed by atoms with Crippen LogP contribution in [0.4, 0.5) is 0 Å². The summed E-state index contributed by atoms with van der Waals surface area (Å²) in [6.45, 7) is 7.88. The normalized spacial score (nSPS) is 26.5. The van der Waals surface area contributed by atoms with E-state index >= 15 is 0 Å². The third-order valence-electron chi connectivity index (χ3n) is 2.48. The van der Waals surface area contributed by atoms with Crippen molar-refractivity contribution in [1.82, 2.24) is 5.32 Å². The lowest BCUT2D eigenvalue weighted by Crippen LogP contribution is -2.50. The quantitative estimate of drug-likeness (QED) is 0.531. The Morgan fingerprint density at radius 3 is 2.73 bits per heavy atom. The number of hydrogen-bond donors (Lipinski definition) is 2. The van der Waals surface area contributed by atoms with E-state index in [0.717, 1.165) is 26.0 Å². The maximum Gasteiger partial charge on any atom is 0.188 e. The van der Waals surface area contributed by atoms with E-state index < -0.39 is 0 Å². The van der Waals surface area contributed by atoms with Gasteiger partial charge in [0.05, 0.1) is 6.10 Å². The zero-order chi connectivity index (χ0) is 11.3. The van der Waals surface area contributed by atoms with Crippen molar-refractivity contribution in [2.75, 3.05) is 13.2 Å². The number of ether oxygens (including phenoxy) is 1. The smallest absolute Gasteiger partial charge is 0.188 e. The molecule has 0 aromatic carbocycles. The third kappa shape index (κ3) is 4.51. The molecule has 15 heavy (non-hydrogen) atoms. The zero-order valence-electron chi connectivity index (χ0n) is 9.99. The van der Waals surface area contributed by atoms with E-state index in [9.17, 15) is 0 Å². The first-order chi connectivity index (χ1) is 7.11. The molecule has 88 valence electrons. The van der Waals surface area contributed by atoms with Gasteiger partial charge >= 0.3 is 0 Å². The molecule has 3 N–H and O–H groups in total. The summed E-state index contributed by atoms with van der Waals surface area (Å²) in [6.07, 6.45) is 2.52. The second kappa shape index (κ2) is 5.95.